The minimum atomic E-state index is -0.490. The number of benzene rings is 1. The third-order valence-corrected chi connectivity index (χ3v) is 5.10. The molecule has 2 heterocycles. The number of likely N-dealkylation sites (tertiary alicyclic amines) is 1. The molecule has 1 aliphatic heterocycles. The Morgan fingerprint density at radius 2 is 2.04 bits per heavy atom. The van der Waals surface area contributed by atoms with Gasteiger partial charge >= 0.3 is 6.03 Å². The van der Waals surface area contributed by atoms with Gasteiger partial charge in [-0.3, -0.25) is 15.0 Å². The van der Waals surface area contributed by atoms with Gasteiger partial charge in [-0.15, -0.1) is 11.3 Å². The average Bonchev–Trinajstić information content (AvgIpc) is 3.25. The summed E-state index contributed by atoms with van der Waals surface area (Å²) in [7, 11) is 0. The van der Waals surface area contributed by atoms with Crippen LogP contribution >= 0.6 is 11.3 Å². The van der Waals surface area contributed by atoms with Gasteiger partial charge in [0, 0.05) is 10.9 Å². The maximum atomic E-state index is 13.1. The van der Waals surface area contributed by atoms with Crippen LogP contribution in [0.15, 0.2) is 41.8 Å². The number of thiophene rings is 1. The maximum Gasteiger partial charge on any atom is 0.321 e. The second-order valence-corrected chi connectivity index (χ2v) is 7.02. The van der Waals surface area contributed by atoms with E-state index < -0.39 is 6.03 Å². The number of nitrogens with one attached hydrogen (secondary N) is 2. The highest BCUT2D eigenvalue weighted by Crippen LogP contribution is 2.31. The van der Waals surface area contributed by atoms with Gasteiger partial charge in [0.1, 0.15) is 5.82 Å². The smallest absolute Gasteiger partial charge is 0.321 e. The third-order valence-electron chi connectivity index (χ3n) is 4.22. The van der Waals surface area contributed by atoms with E-state index in [2.05, 4.69) is 10.6 Å². The van der Waals surface area contributed by atoms with Crippen LogP contribution < -0.4 is 10.6 Å². The van der Waals surface area contributed by atoms with Gasteiger partial charge < -0.3 is 5.32 Å². The number of carbonyl (C=O) groups excluding carboxylic acids is 2. The van der Waals surface area contributed by atoms with E-state index in [0.717, 1.165) is 29.8 Å². The molecule has 5 nitrogen and oxygen atoms in total. The van der Waals surface area contributed by atoms with Gasteiger partial charge in [0.05, 0.1) is 13.1 Å². The predicted octanol–water partition coefficient (Wildman–Crippen LogP) is 3.05. The van der Waals surface area contributed by atoms with Crippen LogP contribution in [-0.2, 0) is 11.3 Å². The lowest BCUT2D eigenvalue weighted by atomic mass is 10.0. The molecule has 132 valence electrons. The van der Waals surface area contributed by atoms with Gasteiger partial charge in [-0.1, -0.05) is 18.2 Å². The molecular formula is C18H20FN3O2S. The van der Waals surface area contributed by atoms with Gasteiger partial charge in [-0.2, -0.15) is 0 Å². The Bertz CT molecular complexity index is 718. The van der Waals surface area contributed by atoms with Crippen LogP contribution in [0.2, 0.25) is 0 Å². The summed E-state index contributed by atoms with van der Waals surface area (Å²) in [6.07, 6.45) is 1.89. The molecule has 0 spiro atoms. The largest absolute Gasteiger partial charge is 0.333 e. The second kappa shape index (κ2) is 8.22. The number of halogens is 1. The normalized spacial score (nSPS) is 17.4. The predicted molar refractivity (Wildman–Crippen MR) is 94.6 cm³/mol. The first-order valence-corrected chi connectivity index (χ1v) is 9.09. The molecule has 1 fully saturated rings. The zero-order chi connectivity index (χ0) is 17.6. The van der Waals surface area contributed by atoms with E-state index in [1.165, 1.54) is 12.1 Å². The maximum absolute atomic E-state index is 13.1. The van der Waals surface area contributed by atoms with Crippen LogP contribution in [0.3, 0.4) is 0 Å². The minimum absolute atomic E-state index is 0.0838. The van der Waals surface area contributed by atoms with E-state index in [1.807, 2.05) is 22.4 Å². The molecule has 2 aromatic rings. The van der Waals surface area contributed by atoms with Crippen LogP contribution in [-0.4, -0.2) is 29.9 Å². The van der Waals surface area contributed by atoms with E-state index in [-0.39, 0.29) is 24.3 Å². The van der Waals surface area contributed by atoms with Crippen molar-refractivity contribution in [2.45, 2.75) is 25.4 Å². The fourth-order valence-electron chi connectivity index (χ4n) is 3.05. The number of rotatable bonds is 5. The number of hydrogen-bond donors (Lipinski definition) is 2. The Labute approximate surface area is 149 Å². The summed E-state index contributed by atoms with van der Waals surface area (Å²) in [6.45, 7) is 1.33. The number of hydrogen-bond acceptors (Lipinski definition) is 4. The lowest BCUT2D eigenvalue weighted by Crippen LogP contribution is -2.44. The van der Waals surface area contributed by atoms with Crippen molar-refractivity contribution < 1.29 is 14.0 Å². The van der Waals surface area contributed by atoms with Crippen LogP contribution in [0.4, 0.5) is 9.18 Å². The van der Waals surface area contributed by atoms with Crippen molar-refractivity contribution in [3.05, 3.63) is 58.0 Å². The van der Waals surface area contributed by atoms with Crippen molar-refractivity contribution in [2.24, 2.45) is 0 Å². The molecule has 2 N–H and O–H groups in total. The Kier molecular flexibility index (Phi) is 5.78. The number of amides is 3. The fraction of sp³-hybridized carbons (Fsp3) is 0.333. The molecule has 1 aromatic heterocycles. The highest BCUT2D eigenvalue weighted by Gasteiger charge is 2.27. The van der Waals surface area contributed by atoms with Crippen molar-refractivity contribution >= 4 is 23.3 Å². The second-order valence-electron chi connectivity index (χ2n) is 5.99. The molecule has 1 aromatic carbocycles. The SMILES string of the molecule is O=C(CN1CCCC1c1ccc(F)cc1)NC(=O)NCc1cccs1. The Morgan fingerprint density at radius 3 is 2.76 bits per heavy atom. The fourth-order valence-corrected chi connectivity index (χ4v) is 3.70. The summed E-state index contributed by atoms with van der Waals surface area (Å²) in [6, 6.07) is 9.80. The quantitative estimate of drug-likeness (QED) is 0.860. The molecular weight excluding hydrogens is 341 g/mol. The molecule has 0 saturated carbocycles. The molecule has 25 heavy (non-hydrogen) atoms. The molecule has 3 rings (SSSR count). The highest BCUT2D eigenvalue weighted by atomic mass is 32.1. The summed E-state index contributed by atoms with van der Waals surface area (Å²) < 4.78 is 13.1. The van der Waals surface area contributed by atoms with E-state index in [0.29, 0.717) is 6.54 Å². The van der Waals surface area contributed by atoms with Crippen molar-refractivity contribution in [1.29, 1.82) is 0 Å². The first kappa shape index (κ1) is 17.6. The van der Waals surface area contributed by atoms with Crippen molar-refractivity contribution in [3.8, 4) is 0 Å². The molecule has 1 saturated heterocycles. The van der Waals surface area contributed by atoms with Gasteiger partial charge in [-0.05, 0) is 48.5 Å². The first-order valence-electron chi connectivity index (χ1n) is 8.21. The molecule has 0 radical (unpaired) electrons. The van der Waals surface area contributed by atoms with Gasteiger partial charge in [0.2, 0.25) is 5.91 Å². The molecule has 0 aliphatic carbocycles. The summed E-state index contributed by atoms with van der Waals surface area (Å²) >= 11 is 1.55. The number of nitrogens with zero attached hydrogens (tertiary/aromatic N) is 1. The molecule has 1 atom stereocenters. The third kappa shape index (κ3) is 4.87. The average molecular weight is 361 g/mol. The monoisotopic (exact) mass is 361 g/mol. The highest BCUT2D eigenvalue weighted by molar-refractivity contribution is 7.09. The van der Waals surface area contributed by atoms with Crippen LogP contribution in [0, 0.1) is 5.82 Å². The molecule has 7 heteroatoms. The molecule has 1 aliphatic rings. The van der Waals surface area contributed by atoms with E-state index in [9.17, 15) is 14.0 Å². The van der Waals surface area contributed by atoms with Crippen LogP contribution in [0.25, 0.3) is 0 Å². The van der Waals surface area contributed by atoms with Crippen LogP contribution in [0.1, 0.15) is 29.3 Å². The number of imide groups is 1. The molecule has 3 amide bonds. The Balaban J connectivity index is 1.49. The zero-order valence-electron chi connectivity index (χ0n) is 13.7. The summed E-state index contributed by atoms with van der Waals surface area (Å²) in [5, 5.41) is 6.97. The summed E-state index contributed by atoms with van der Waals surface area (Å²) in [5.41, 5.74) is 0.994. The standard InChI is InChI=1S/C18H20FN3O2S/c19-14-7-5-13(6-8-14)16-4-1-9-22(16)12-17(23)21-18(24)20-11-15-3-2-10-25-15/h2-3,5-8,10,16H,1,4,9,11-12H2,(H2,20,21,23,24). The number of carbonyl (C=O) groups is 2. The van der Waals surface area contributed by atoms with Crippen molar-refractivity contribution in [1.82, 2.24) is 15.5 Å². The Morgan fingerprint density at radius 1 is 1.24 bits per heavy atom. The van der Waals surface area contributed by atoms with Crippen LogP contribution in [0.5, 0.6) is 0 Å². The Hall–Kier alpha value is -2.25. The van der Waals surface area contributed by atoms with Gasteiger partial charge in [-0.25, -0.2) is 9.18 Å². The topological polar surface area (TPSA) is 61.4 Å². The lowest BCUT2D eigenvalue weighted by Gasteiger charge is -2.24. The van der Waals surface area contributed by atoms with Gasteiger partial charge in [0.15, 0.2) is 0 Å². The van der Waals surface area contributed by atoms with Crippen molar-refractivity contribution in [3.63, 3.8) is 0 Å². The number of urea groups is 1. The first-order chi connectivity index (χ1) is 12.1. The summed E-state index contributed by atoms with van der Waals surface area (Å²) in [5.74, 6) is -0.605. The van der Waals surface area contributed by atoms with E-state index >= 15 is 0 Å². The van der Waals surface area contributed by atoms with E-state index in [4.69, 9.17) is 0 Å². The minimum Gasteiger partial charge on any atom is -0.333 e. The lowest BCUT2D eigenvalue weighted by molar-refractivity contribution is -0.121. The summed E-state index contributed by atoms with van der Waals surface area (Å²) in [4.78, 5) is 27.0. The van der Waals surface area contributed by atoms with Crippen molar-refractivity contribution in [2.75, 3.05) is 13.1 Å². The van der Waals surface area contributed by atoms with E-state index in [1.54, 1.807) is 23.5 Å². The molecule has 0 bridgehead atoms. The van der Waals surface area contributed by atoms with Gasteiger partial charge in [0.25, 0.3) is 0 Å². The molecule has 1 unspecified atom stereocenters. The zero-order valence-corrected chi connectivity index (χ0v) is 14.5.